The van der Waals surface area contributed by atoms with Gasteiger partial charge in [-0.05, 0) is 43.7 Å². The van der Waals surface area contributed by atoms with Crippen LogP contribution >= 0.6 is 11.6 Å². The topological polar surface area (TPSA) is 84.2 Å². The fraction of sp³-hybridized carbons (Fsp3) is 0.300. The molecule has 1 aliphatic rings. The van der Waals surface area contributed by atoms with E-state index in [-0.39, 0.29) is 11.5 Å². The maximum absolute atomic E-state index is 13.2. The Hall–Kier alpha value is -2.36. The van der Waals surface area contributed by atoms with Gasteiger partial charge in [-0.2, -0.15) is 5.26 Å². The Morgan fingerprint density at radius 1 is 1.19 bits per heavy atom. The Morgan fingerprint density at radius 2 is 1.78 bits per heavy atom. The van der Waals surface area contributed by atoms with Gasteiger partial charge < -0.3 is 4.74 Å². The Kier molecular flexibility index (Phi) is 5.02. The lowest BCUT2D eigenvalue weighted by Crippen LogP contribution is -2.25. The van der Waals surface area contributed by atoms with Gasteiger partial charge in [0.05, 0.1) is 17.6 Å². The number of nitriles is 1. The van der Waals surface area contributed by atoms with Crippen molar-refractivity contribution < 1.29 is 17.9 Å². The van der Waals surface area contributed by atoms with E-state index in [9.17, 15) is 18.5 Å². The summed E-state index contributed by atoms with van der Waals surface area (Å²) in [4.78, 5) is 12.6. The number of aryl methyl sites for hydroxylation is 1. The molecule has 2 aromatic carbocycles. The van der Waals surface area contributed by atoms with Gasteiger partial charge in [0.15, 0.2) is 15.3 Å². The second kappa shape index (κ2) is 6.99. The summed E-state index contributed by atoms with van der Waals surface area (Å²) in [5, 5.41) is 9.02. The monoisotopic (exact) mass is 403 g/mol. The first-order valence-corrected chi connectivity index (χ1v) is 10.4. The molecule has 0 aliphatic heterocycles. The third-order valence-electron chi connectivity index (χ3n) is 4.84. The van der Waals surface area contributed by atoms with Crippen LogP contribution < -0.4 is 0 Å². The van der Waals surface area contributed by atoms with E-state index in [4.69, 9.17) is 16.3 Å². The highest BCUT2D eigenvalue weighted by atomic mass is 35.5. The minimum Gasteiger partial charge on any atom is -0.465 e. The normalized spacial score (nSPS) is 24.1. The Balaban J connectivity index is 2.12. The van der Waals surface area contributed by atoms with Crippen LogP contribution in [0.3, 0.4) is 0 Å². The highest BCUT2D eigenvalue weighted by Crippen LogP contribution is 2.64. The smallest absolute Gasteiger partial charge is 0.328 e. The molecule has 0 bridgehead atoms. The van der Waals surface area contributed by atoms with Crippen LogP contribution in [-0.4, -0.2) is 26.2 Å². The fourth-order valence-electron chi connectivity index (χ4n) is 3.43. The molecule has 7 heteroatoms. The van der Waals surface area contributed by atoms with Crippen molar-refractivity contribution in [2.75, 3.05) is 6.61 Å². The second-order valence-corrected chi connectivity index (χ2v) is 9.01. The summed E-state index contributed by atoms with van der Waals surface area (Å²) in [5.74, 6) is -1.59. The van der Waals surface area contributed by atoms with Crippen LogP contribution in [0.2, 0.25) is 5.02 Å². The fourth-order valence-corrected chi connectivity index (χ4v) is 5.81. The lowest BCUT2D eigenvalue weighted by atomic mass is 10.00. The lowest BCUT2D eigenvalue weighted by Gasteiger charge is -2.09. The average molecular weight is 404 g/mol. The molecule has 0 aromatic heterocycles. The third-order valence-corrected chi connectivity index (χ3v) is 7.34. The highest BCUT2D eigenvalue weighted by Gasteiger charge is 2.77. The predicted octanol–water partition coefficient (Wildman–Crippen LogP) is 3.66. The van der Waals surface area contributed by atoms with Gasteiger partial charge in [0, 0.05) is 10.9 Å². The number of halogens is 1. The minimum absolute atomic E-state index is 0.0236. The van der Waals surface area contributed by atoms with Gasteiger partial charge in [-0.15, -0.1) is 0 Å². The molecule has 0 unspecified atom stereocenters. The van der Waals surface area contributed by atoms with Crippen LogP contribution in [0, 0.1) is 23.7 Å². The molecule has 3 rings (SSSR count). The van der Waals surface area contributed by atoms with Gasteiger partial charge in [0.2, 0.25) is 0 Å². The van der Waals surface area contributed by atoms with Crippen molar-refractivity contribution in [2.45, 2.75) is 29.9 Å². The molecule has 0 radical (unpaired) electrons. The van der Waals surface area contributed by atoms with Crippen molar-refractivity contribution in [1.82, 2.24) is 0 Å². The van der Waals surface area contributed by atoms with Crippen LogP contribution in [0.15, 0.2) is 53.4 Å². The van der Waals surface area contributed by atoms with Crippen molar-refractivity contribution in [2.24, 2.45) is 5.41 Å². The van der Waals surface area contributed by atoms with Gasteiger partial charge in [-0.25, -0.2) is 8.42 Å². The van der Waals surface area contributed by atoms with Crippen molar-refractivity contribution in [3.05, 3.63) is 64.7 Å². The summed E-state index contributed by atoms with van der Waals surface area (Å²) >= 11 is 5.85. The largest absolute Gasteiger partial charge is 0.465 e. The van der Waals surface area contributed by atoms with Crippen LogP contribution in [-0.2, 0) is 19.4 Å². The quantitative estimate of drug-likeness (QED) is 0.711. The lowest BCUT2D eigenvalue weighted by molar-refractivity contribution is -0.147. The number of rotatable bonds is 5. The number of hydrogen-bond donors (Lipinski definition) is 0. The highest BCUT2D eigenvalue weighted by molar-refractivity contribution is 7.92. The molecule has 2 aromatic rings. The zero-order chi connectivity index (χ0) is 19.8. The van der Waals surface area contributed by atoms with Gasteiger partial charge in [-0.1, -0.05) is 41.4 Å². The van der Waals surface area contributed by atoms with Crippen molar-refractivity contribution in [3.8, 4) is 6.07 Å². The molecule has 5 nitrogen and oxygen atoms in total. The summed E-state index contributed by atoms with van der Waals surface area (Å²) in [7, 11) is -3.95. The second-order valence-electron chi connectivity index (χ2n) is 6.51. The zero-order valence-corrected chi connectivity index (χ0v) is 16.4. The summed E-state index contributed by atoms with van der Waals surface area (Å²) in [6.07, 6.45) is 0. The molecule has 1 saturated carbocycles. The summed E-state index contributed by atoms with van der Waals surface area (Å²) < 4.78 is 31.5. The number of nitrogens with zero attached hydrogens (tertiary/aromatic N) is 1. The number of benzene rings is 2. The number of carbonyl (C=O) groups is 1. The van der Waals surface area contributed by atoms with Gasteiger partial charge in [-0.3, -0.25) is 4.79 Å². The van der Waals surface area contributed by atoms with Crippen LogP contribution in [0.5, 0.6) is 0 Å². The maximum Gasteiger partial charge on any atom is 0.328 e. The van der Waals surface area contributed by atoms with Gasteiger partial charge in [0.1, 0.15) is 5.25 Å². The first kappa shape index (κ1) is 19.4. The van der Waals surface area contributed by atoms with E-state index in [2.05, 4.69) is 0 Å². The van der Waals surface area contributed by atoms with E-state index in [0.717, 1.165) is 5.56 Å². The number of hydrogen-bond acceptors (Lipinski definition) is 5. The van der Waals surface area contributed by atoms with Gasteiger partial charge >= 0.3 is 5.97 Å². The van der Waals surface area contributed by atoms with E-state index < -0.39 is 32.4 Å². The molecule has 0 heterocycles. The molecule has 1 aliphatic carbocycles. The van der Waals surface area contributed by atoms with Crippen LogP contribution in [0.4, 0.5) is 0 Å². The Bertz CT molecular complexity index is 1010. The molecule has 3 atom stereocenters. The number of sulfone groups is 1. The summed E-state index contributed by atoms with van der Waals surface area (Å²) in [5.41, 5.74) is -0.142. The van der Waals surface area contributed by atoms with Gasteiger partial charge in [0.25, 0.3) is 0 Å². The third kappa shape index (κ3) is 3.11. The molecule has 0 saturated heterocycles. The minimum atomic E-state index is -3.95. The van der Waals surface area contributed by atoms with Crippen molar-refractivity contribution in [3.63, 3.8) is 0 Å². The first-order valence-electron chi connectivity index (χ1n) is 8.43. The molecule has 140 valence electrons. The Labute approximate surface area is 163 Å². The van der Waals surface area contributed by atoms with Crippen LogP contribution in [0.25, 0.3) is 0 Å². The first-order chi connectivity index (χ1) is 12.8. The average Bonchev–Trinajstić information content (AvgIpc) is 3.34. The van der Waals surface area contributed by atoms with Crippen molar-refractivity contribution >= 4 is 27.4 Å². The molecule has 0 amide bonds. The number of carbonyl (C=O) groups excluding carboxylic acids is 1. The maximum atomic E-state index is 13.2. The van der Waals surface area contributed by atoms with E-state index in [1.165, 1.54) is 24.3 Å². The summed E-state index contributed by atoms with van der Waals surface area (Å²) in [6.45, 7) is 3.59. The van der Waals surface area contributed by atoms with Crippen LogP contribution in [0.1, 0.15) is 24.0 Å². The molecule has 0 N–H and O–H groups in total. The molecular weight excluding hydrogens is 386 g/mol. The molecule has 0 spiro atoms. The van der Waals surface area contributed by atoms with Crippen molar-refractivity contribution in [1.29, 1.82) is 5.26 Å². The zero-order valence-electron chi connectivity index (χ0n) is 14.8. The molecule has 27 heavy (non-hydrogen) atoms. The van der Waals surface area contributed by atoms with E-state index in [1.54, 1.807) is 19.1 Å². The number of esters is 1. The summed E-state index contributed by atoms with van der Waals surface area (Å²) in [6, 6.07) is 14.8. The van der Waals surface area contributed by atoms with E-state index in [1.807, 2.05) is 25.1 Å². The Morgan fingerprint density at radius 3 is 2.30 bits per heavy atom. The predicted molar refractivity (Wildman–Crippen MR) is 101 cm³/mol. The standard InChI is InChI=1S/C20H18ClNO4S/c1-3-26-19(23)20(12-22)17(14-6-4-13(2)5-7-14)18(20)27(24,25)16-10-8-15(21)9-11-16/h4-11,17-18H,3H2,1-2H3/t17-,18-,20+/m0/s1. The molecule has 1 fully saturated rings. The van der Waals surface area contributed by atoms with E-state index >= 15 is 0 Å². The number of ether oxygens (including phenoxy) is 1. The van der Waals surface area contributed by atoms with E-state index in [0.29, 0.717) is 10.6 Å². The SMILES string of the molecule is CCOC(=O)[C@]1(C#N)[C@@H](c2ccc(C)cc2)[C@@H]1S(=O)(=O)c1ccc(Cl)cc1. The molecular formula is C20H18ClNO4S.